The second-order valence-corrected chi connectivity index (χ2v) is 5.75. The summed E-state index contributed by atoms with van der Waals surface area (Å²) in [7, 11) is 1.63. The molecule has 2 N–H and O–H groups in total. The number of carbonyl (C=O) groups is 1. The van der Waals surface area contributed by atoms with E-state index in [9.17, 15) is 4.79 Å². The van der Waals surface area contributed by atoms with Crippen LogP contribution >= 0.6 is 0 Å². The summed E-state index contributed by atoms with van der Waals surface area (Å²) in [5.74, 6) is 0.888. The largest absolute Gasteiger partial charge is 0.496 e. The summed E-state index contributed by atoms with van der Waals surface area (Å²) in [5, 5.41) is 5.96. The highest BCUT2D eigenvalue weighted by Crippen LogP contribution is 2.18. The number of ether oxygens (including phenoxy) is 1. The SMILES string of the molecule is COc1ccccc1CNc1nccc(C(=O)Nc2cccc(C)c2)n1. The summed E-state index contributed by atoms with van der Waals surface area (Å²) >= 11 is 0. The zero-order chi connectivity index (χ0) is 18.4. The molecule has 3 aromatic rings. The first-order chi connectivity index (χ1) is 12.7. The van der Waals surface area contributed by atoms with E-state index < -0.39 is 0 Å². The van der Waals surface area contributed by atoms with Crippen LogP contribution in [0.4, 0.5) is 11.6 Å². The monoisotopic (exact) mass is 348 g/mol. The summed E-state index contributed by atoms with van der Waals surface area (Å²) in [6, 6.07) is 16.9. The predicted octanol–water partition coefficient (Wildman–Crippen LogP) is 3.66. The molecule has 0 saturated heterocycles. The number of para-hydroxylation sites is 1. The van der Waals surface area contributed by atoms with Crippen LogP contribution in [0.5, 0.6) is 5.75 Å². The maximum Gasteiger partial charge on any atom is 0.274 e. The van der Waals surface area contributed by atoms with Gasteiger partial charge in [0.2, 0.25) is 5.95 Å². The van der Waals surface area contributed by atoms with Gasteiger partial charge in [0.15, 0.2) is 0 Å². The number of aryl methyl sites for hydroxylation is 1. The Labute approximate surface area is 152 Å². The van der Waals surface area contributed by atoms with Gasteiger partial charge in [-0.2, -0.15) is 0 Å². The van der Waals surface area contributed by atoms with Crippen LogP contribution in [0.15, 0.2) is 60.8 Å². The van der Waals surface area contributed by atoms with Gasteiger partial charge in [0.25, 0.3) is 5.91 Å². The number of hydrogen-bond donors (Lipinski definition) is 2. The van der Waals surface area contributed by atoms with Crippen LogP contribution in [0.1, 0.15) is 21.6 Å². The van der Waals surface area contributed by atoms with Crippen LogP contribution in [0.2, 0.25) is 0 Å². The van der Waals surface area contributed by atoms with E-state index in [1.54, 1.807) is 19.4 Å². The van der Waals surface area contributed by atoms with Gasteiger partial charge in [0, 0.05) is 24.0 Å². The van der Waals surface area contributed by atoms with E-state index >= 15 is 0 Å². The molecule has 3 rings (SSSR count). The molecule has 2 aromatic carbocycles. The highest BCUT2D eigenvalue weighted by molar-refractivity contribution is 6.03. The molecule has 0 aliphatic heterocycles. The molecule has 132 valence electrons. The molecule has 0 aliphatic carbocycles. The van der Waals surface area contributed by atoms with Gasteiger partial charge < -0.3 is 15.4 Å². The van der Waals surface area contributed by atoms with Crippen LogP contribution in [-0.4, -0.2) is 23.0 Å². The number of carbonyl (C=O) groups excluding carboxylic acids is 1. The molecule has 1 amide bonds. The van der Waals surface area contributed by atoms with E-state index in [0.717, 1.165) is 22.6 Å². The molecule has 0 radical (unpaired) electrons. The summed E-state index contributed by atoms with van der Waals surface area (Å²) < 4.78 is 5.33. The van der Waals surface area contributed by atoms with Gasteiger partial charge in [-0.1, -0.05) is 30.3 Å². The van der Waals surface area contributed by atoms with Gasteiger partial charge in [-0.25, -0.2) is 9.97 Å². The van der Waals surface area contributed by atoms with Gasteiger partial charge in [0.1, 0.15) is 11.4 Å². The quantitative estimate of drug-likeness (QED) is 0.711. The maximum atomic E-state index is 12.4. The molecule has 0 unspecified atom stereocenters. The first-order valence-corrected chi connectivity index (χ1v) is 8.22. The molecule has 0 aliphatic rings. The summed E-state index contributed by atoms with van der Waals surface area (Å²) in [5.41, 5.74) is 3.08. The van der Waals surface area contributed by atoms with Crippen molar-refractivity contribution in [2.75, 3.05) is 17.7 Å². The predicted molar refractivity (Wildman–Crippen MR) is 101 cm³/mol. The van der Waals surface area contributed by atoms with E-state index in [1.165, 1.54) is 0 Å². The highest BCUT2D eigenvalue weighted by Gasteiger charge is 2.10. The van der Waals surface area contributed by atoms with Crippen LogP contribution < -0.4 is 15.4 Å². The molecule has 0 fully saturated rings. The molecular weight excluding hydrogens is 328 g/mol. The molecule has 26 heavy (non-hydrogen) atoms. The summed E-state index contributed by atoms with van der Waals surface area (Å²) in [6.45, 7) is 2.47. The van der Waals surface area contributed by atoms with Crippen LogP contribution in [0, 0.1) is 6.92 Å². The van der Waals surface area contributed by atoms with Gasteiger partial charge in [-0.05, 0) is 36.8 Å². The lowest BCUT2D eigenvalue weighted by Crippen LogP contribution is -2.15. The van der Waals surface area contributed by atoms with Gasteiger partial charge in [-0.15, -0.1) is 0 Å². The van der Waals surface area contributed by atoms with E-state index in [1.807, 2.05) is 55.5 Å². The van der Waals surface area contributed by atoms with Crippen molar-refractivity contribution in [3.63, 3.8) is 0 Å². The summed E-state index contributed by atoms with van der Waals surface area (Å²) in [6.07, 6.45) is 1.56. The molecule has 0 spiro atoms. The molecule has 6 nitrogen and oxygen atoms in total. The van der Waals surface area contributed by atoms with E-state index in [-0.39, 0.29) is 5.91 Å². The number of methoxy groups -OCH3 is 1. The first kappa shape index (κ1) is 17.4. The maximum absolute atomic E-state index is 12.4. The Bertz CT molecular complexity index is 912. The number of aromatic nitrogens is 2. The Morgan fingerprint density at radius 1 is 1.12 bits per heavy atom. The fourth-order valence-corrected chi connectivity index (χ4v) is 2.51. The van der Waals surface area contributed by atoms with Crippen molar-refractivity contribution < 1.29 is 9.53 Å². The lowest BCUT2D eigenvalue weighted by Gasteiger charge is -2.10. The van der Waals surface area contributed by atoms with E-state index in [2.05, 4.69) is 20.6 Å². The average molecular weight is 348 g/mol. The van der Waals surface area contributed by atoms with Crippen molar-refractivity contribution in [2.45, 2.75) is 13.5 Å². The number of amides is 1. The number of benzene rings is 2. The Kier molecular flexibility index (Phi) is 5.43. The minimum atomic E-state index is -0.279. The van der Waals surface area contributed by atoms with Crippen LogP contribution in [0.25, 0.3) is 0 Å². The second-order valence-electron chi connectivity index (χ2n) is 5.75. The average Bonchev–Trinajstić information content (AvgIpc) is 2.67. The molecule has 0 bridgehead atoms. The van der Waals surface area contributed by atoms with Gasteiger partial charge in [0.05, 0.1) is 7.11 Å². The minimum Gasteiger partial charge on any atom is -0.496 e. The van der Waals surface area contributed by atoms with Crippen molar-refractivity contribution in [3.8, 4) is 5.75 Å². The Hall–Kier alpha value is -3.41. The van der Waals surface area contributed by atoms with Crippen molar-refractivity contribution in [1.29, 1.82) is 0 Å². The molecule has 0 atom stereocenters. The summed E-state index contributed by atoms with van der Waals surface area (Å²) in [4.78, 5) is 20.9. The molecule has 1 aromatic heterocycles. The molecular formula is C20H20N4O2. The number of anilines is 2. The Balaban J connectivity index is 1.68. The van der Waals surface area contributed by atoms with Crippen LogP contribution in [0.3, 0.4) is 0 Å². The lowest BCUT2D eigenvalue weighted by atomic mass is 10.2. The third kappa shape index (κ3) is 4.36. The Morgan fingerprint density at radius 2 is 1.96 bits per heavy atom. The smallest absolute Gasteiger partial charge is 0.274 e. The second kappa shape index (κ2) is 8.11. The molecule has 6 heteroatoms. The van der Waals surface area contributed by atoms with Gasteiger partial charge in [-0.3, -0.25) is 4.79 Å². The fraction of sp³-hybridized carbons (Fsp3) is 0.150. The zero-order valence-corrected chi connectivity index (χ0v) is 14.7. The Morgan fingerprint density at radius 3 is 2.77 bits per heavy atom. The van der Waals surface area contributed by atoms with Crippen molar-refractivity contribution >= 4 is 17.5 Å². The topological polar surface area (TPSA) is 76.1 Å². The van der Waals surface area contributed by atoms with E-state index in [0.29, 0.717) is 18.2 Å². The number of nitrogens with one attached hydrogen (secondary N) is 2. The van der Waals surface area contributed by atoms with Crippen molar-refractivity contribution in [1.82, 2.24) is 9.97 Å². The minimum absolute atomic E-state index is 0.279. The lowest BCUT2D eigenvalue weighted by molar-refractivity contribution is 0.102. The highest BCUT2D eigenvalue weighted by atomic mass is 16.5. The standard InChI is InChI=1S/C20H20N4O2/c1-14-6-5-8-16(12-14)23-19(25)17-10-11-21-20(24-17)22-13-15-7-3-4-9-18(15)26-2/h3-12H,13H2,1-2H3,(H,23,25)(H,21,22,24). The fourth-order valence-electron chi connectivity index (χ4n) is 2.51. The molecule has 0 saturated carbocycles. The number of nitrogens with zero attached hydrogens (tertiary/aromatic N) is 2. The number of rotatable bonds is 6. The van der Waals surface area contributed by atoms with Gasteiger partial charge >= 0.3 is 0 Å². The zero-order valence-electron chi connectivity index (χ0n) is 14.7. The van der Waals surface area contributed by atoms with Crippen LogP contribution in [-0.2, 0) is 6.54 Å². The third-order valence-electron chi connectivity index (χ3n) is 3.79. The van der Waals surface area contributed by atoms with Crippen molar-refractivity contribution in [2.24, 2.45) is 0 Å². The van der Waals surface area contributed by atoms with Crippen molar-refractivity contribution in [3.05, 3.63) is 77.6 Å². The first-order valence-electron chi connectivity index (χ1n) is 8.22. The number of hydrogen-bond acceptors (Lipinski definition) is 5. The van der Waals surface area contributed by atoms with E-state index in [4.69, 9.17) is 4.74 Å². The third-order valence-corrected chi connectivity index (χ3v) is 3.79. The normalized spacial score (nSPS) is 10.2. The molecule has 1 heterocycles.